The number of oxazole rings is 1. The highest BCUT2D eigenvalue weighted by molar-refractivity contribution is 5.54. The van der Waals surface area contributed by atoms with Crippen LogP contribution in [0.25, 0.3) is 11.5 Å². The number of piperidine rings is 1. The van der Waals surface area contributed by atoms with Crippen molar-refractivity contribution in [3.8, 4) is 11.5 Å². The normalized spacial score (nSPS) is 22.3. The van der Waals surface area contributed by atoms with E-state index >= 15 is 0 Å². The van der Waals surface area contributed by atoms with Gasteiger partial charge in [-0.05, 0) is 44.4 Å². The van der Waals surface area contributed by atoms with Gasteiger partial charge < -0.3 is 14.6 Å². The fourth-order valence-electron chi connectivity index (χ4n) is 4.45. The lowest BCUT2D eigenvalue weighted by Crippen LogP contribution is -2.54. The Morgan fingerprint density at radius 3 is 2.67 bits per heavy atom. The molecule has 0 spiro atoms. The Labute approximate surface area is 178 Å². The Balaban J connectivity index is 1.52. The highest BCUT2D eigenvalue weighted by Crippen LogP contribution is 2.35. The van der Waals surface area contributed by atoms with Crippen LogP contribution in [0.4, 0.5) is 0 Å². The zero-order valence-corrected chi connectivity index (χ0v) is 17.7. The molecular weight excluding hydrogens is 376 g/mol. The van der Waals surface area contributed by atoms with E-state index in [9.17, 15) is 10.2 Å². The second-order valence-electron chi connectivity index (χ2n) is 8.59. The lowest BCUT2D eigenvalue weighted by atomic mass is 9.73. The van der Waals surface area contributed by atoms with Crippen molar-refractivity contribution in [3.63, 3.8) is 0 Å². The number of aromatic nitrogens is 1. The highest BCUT2D eigenvalue weighted by Gasteiger charge is 2.42. The van der Waals surface area contributed by atoms with Gasteiger partial charge in [-0.3, -0.25) is 4.90 Å². The van der Waals surface area contributed by atoms with Crippen LogP contribution in [0.5, 0.6) is 0 Å². The first-order chi connectivity index (χ1) is 14.5. The van der Waals surface area contributed by atoms with E-state index in [1.54, 1.807) is 0 Å². The molecule has 1 saturated heterocycles. The summed E-state index contributed by atoms with van der Waals surface area (Å²) in [5.74, 6) is 1.45. The molecule has 30 heavy (non-hydrogen) atoms. The summed E-state index contributed by atoms with van der Waals surface area (Å²) in [5.41, 5.74) is 3.62. The number of aliphatic hydroxyl groups excluding tert-OH is 2. The second-order valence-corrected chi connectivity index (χ2v) is 8.59. The van der Waals surface area contributed by atoms with Gasteiger partial charge in [-0.15, -0.1) is 0 Å². The molecule has 0 saturated carbocycles. The van der Waals surface area contributed by atoms with E-state index in [1.165, 1.54) is 5.56 Å². The fraction of sp³-hybridized carbons (Fsp3) is 0.400. The molecule has 2 heterocycles. The first kappa shape index (κ1) is 20.8. The molecule has 1 aliphatic heterocycles. The maximum atomic E-state index is 10.8. The summed E-state index contributed by atoms with van der Waals surface area (Å²) in [7, 11) is 0. The first-order valence-electron chi connectivity index (χ1n) is 10.6. The molecular formula is C25H30N2O3. The van der Waals surface area contributed by atoms with E-state index in [0.29, 0.717) is 31.8 Å². The largest absolute Gasteiger partial charge is 0.441 e. The quantitative estimate of drug-likeness (QED) is 0.653. The van der Waals surface area contributed by atoms with Gasteiger partial charge in [-0.2, -0.15) is 0 Å². The fourth-order valence-corrected chi connectivity index (χ4v) is 4.45. The SMILES string of the molecule is Cc1cccc(-c2nc(CN3CC[C@@H](O)[C@@](CO)(Cc4ccccc4)C3)c(C)o2)c1. The Bertz CT molecular complexity index is 985. The van der Waals surface area contributed by atoms with E-state index in [-0.39, 0.29) is 6.61 Å². The summed E-state index contributed by atoms with van der Waals surface area (Å²) in [6.07, 6.45) is 0.754. The van der Waals surface area contributed by atoms with Crippen molar-refractivity contribution < 1.29 is 14.6 Å². The van der Waals surface area contributed by atoms with Crippen LogP contribution in [-0.4, -0.2) is 45.9 Å². The summed E-state index contributed by atoms with van der Waals surface area (Å²) < 4.78 is 5.96. The number of likely N-dealkylation sites (tertiary alicyclic amines) is 1. The van der Waals surface area contributed by atoms with Crippen LogP contribution >= 0.6 is 0 Å². The molecule has 1 fully saturated rings. The molecule has 5 nitrogen and oxygen atoms in total. The van der Waals surface area contributed by atoms with Crippen LogP contribution in [0.15, 0.2) is 59.0 Å². The third-order valence-corrected chi connectivity index (χ3v) is 6.21. The van der Waals surface area contributed by atoms with Crippen LogP contribution in [0.1, 0.15) is 29.0 Å². The number of nitrogens with zero attached hydrogens (tertiary/aromatic N) is 2. The summed E-state index contributed by atoms with van der Waals surface area (Å²) in [6, 6.07) is 18.2. The van der Waals surface area contributed by atoms with Gasteiger partial charge in [0.15, 0.2) is 0 Å². The van der Waals surface area contributed by atoms with E-state index in [4.69, 9.17) is 9.40 Å². The molecule has 0 bridgehead atoms. The first-order valence-corrected chi connectivity index (χ1v) is 10.6. The van der Waals surface area contributed by atoms with Crippen LogP contribution in [0, 0.1) is 19.3 Å². The van der Waals surface area contributed by atoms with E-state index in [2.05, 4.69) is 36.1 Å². The molecule has 2 N–H and O–H groups in total. The number of rotatable bonds is 6. The molecule has 5 heteroatoms. The van der Waals surface area contributed by atoms with Crippen LogP contribution in [-0.2, 0) is 13.0 Å². The van der Waals surface area contributed by atoms with Crippen molar-refractivity contribution in [1.29, 1.82) is 0 Å². The van der Waals surface area contributed by atoms with Crippen molar-refractivity contribution in [2.45, 2.75) is 39.3 Å². The Hall–Kier alpha value is -2.47. The standard InChI is InChI=1S/C25H30N2O3/c1-18-7-6-10-21(13-18)24-26-22(19(2)30-24)15-27-12-11-23(29)25(16-27,17-28)14-20-8-4-3-5-9-20/h3-10,13,23,28-29H,11-12,14-17H2,1-2H3/t23-,25+/m1/s1. The van der Waals surface area contributed by atoms with Crippen LogP contribution < -0.4 is 0 Å². The second kappa shape index (κ2) is 8.72. The Morgan fingerprint density at radius 1 is 1.13 bits per heavy atom. The maximum absolute atomic E-state index is 10.8. The summed E-state index contributed by atoms with van der Waals surface area (Å²) in [5, 5.41) is 21.0. The maximum Gasteiger partial charge on any atom is 0.226 e. The summed E-state index contributed by atoms with van der Waals surface area (Å²) >= 11 is 0. The molecule has 1 aliphatic rings. The Kier molecular flexibility index (Phi) is 6.04. The number of hydrogen-bond acceptors (Lipinski definition) is 5. The van der Waals surface area contributed by atoms with E-state index in [1.807, 2.05) is 37.3 Å². The molecule has 3 aromatic rings. The van der Waals surface area contributed by atoms with Crippen molar-refractivity contribution in [2.24, 2.45) is 5.41 Å². The topological polar surface area (TPSA) is 69.7 Å². The van der Waals surface area contributed by atoms with Crippen molar-refractivity contribution in [2.75, 3.05) is 19.7 Å². The molecule has 0 amide bonds. The third-order valence-electron chi connectivity index (χ3n) is 6.21. The number of benzene rings is 2. The highest BCUT2D eigenvalue weighted by atomic mass is 16.4. The number of aliphatic hydroxyl groups is 2. The van der Waals surface area contributed by atoms with Gasteiger partial charge in [0.1, 0.15) is 5.76 Å². The molecule has 0 radical (unpaired) electrons. The zero-order chi connectivity index (χ0) is 21.1. The van der Waals surface area contributed by atoms with Gasteiger partial charge in [0, 0.05) is 30.6 Å². The smallest absolute Gasteiger partial charge is 0.226 e. The monoisotopic (exact) mass is 406 g/mol. The number of hydrogen-bond donors (Lipinski definition) is 2. The van der Waals surface area contributed by atoms with Gasteiger partial charge >= 0.3 is 0 Å². The minimum atomic E-state index is -0.573. The van der Waals surface area contributed by atoms with E-state index in [0.717, 1.165) is 29.1 Å². The predicted molar refractivity (Wildman–Crippen MR) is 117 cm³/mol. The molecule has 0 unspecified atom stereocenters. The van der Waals surface area contributed by atoms with Crippen molar-refractivity contribution in [3.05, 3.63) is 77.2 Å². The lowest BCUT2D eigenvalue weighted by Gasteiger charge is -2.45. The molecule has 158 valence electrons. The molecule has 2 aromatic carbocycles. The zero-order valence-electron chi connectivity index (χ0n) is 17.7. The lowest BCUT2D eigenvalue weighted by molar-refractivity contribution is -0.0771. The molecule has 2 atom stereocenters. The van der Waals surface area contributed by atoms with Gasteiger partial charge in [-0.1, -0.05) is 48.0 Å². The van der Waals surface area contributed by atoms with E-state index < -0.39 is 11.5 Å². The number of aryl methyl sites for hydroxylation is 2. The van der Waals surface area contributed by atoms with Gasteiger partial charge in [0.05, 0.1) is 18.4 Å². The average Bonchev–Trinajstić information content (AvgIpc) is 3.11. The summed E-state index contributed by atoms with van der Waals surface area (Å²) in [6.45, 7) is 5.98. The third kappa shape index (κ3) is 4.33. The average molecular weight is 407 g/mol. The Morgan fingerprint density at radius 2 is 1.93 bits per heavy atom. The predicted octanol–water partition coefficient (Wildman–Crippen LogP) is 3.75. The minimum Gasteiger partial charge on any atom is -0.441 e. The van der Waals surface area contributed by atoms with Gasteiger partial charge in [-0.25, -0.2) is 4.98 Å². The van der Waals surface area contributed by atoms with Gasteiger partial charge in [0.2, 0.25) is 5.89 Å². The molecule has 1 aromatic heterocycles. The minimum absolute atomic E-state index is 0.0497. The van der Waals surface area contributed by atoms with Crippen molar-refractivity contribution in [1.82, 2.24) is 9.88 Å². The molecule has 0 aliphatic carbocycles. The summed E-state index contributed by atoms with van der Waals surface area (Å²) in [4.78, 5) is 7.03. The van der Waals surface area contributed by atoms with Crippen LogP contribution in [0.3, 0.4) is 0 Å². The molecule has 4 rings (SSSR count). The van der Waals surface area contributed by atoms with Crippen LogP contribution in [0.2, 0.25) is 0 Å². The van der Waals surface area contributed by atoms with Crippen molar-refractivity contribution >= 4 is 0 Å². The van der Waals surface area contributed by atoms with Gasteiger partial charge in [0.25, 0.3) is 0 Å².